The molecular weight excluding hydrogens is 306 g/mol. The van der Waals surface area contributed by atoms with Crippen LogP contribution in [0.25, 0.3) is 0 Å². The Morgan fingerprint density at radius 3 is 3.12 bits per heavy atom. The second-order valence-corrected chi connectivity index (χ2v) is 6.41. The van der Waals surface area contributed by atoms with Gasteiger partial charge in [0.2, 0.25) is 0 Å². The monoisotopic (exact) mass is 327 g/mol. The van der Waals surface area contributed by atoms with Crippen molar-refractivity contribution in [3.05, 3.63) is 42.0 Å². The summed E-state index contributed by atoms with van der Waals surface area (Å²) in [5, 5.41) is 0. The van der Waals surface area contributed by atoms with E-state index in [0.29, 0.717) is 12.5 Å². The number of methoxy groups -OCH3 is 1. The summed E-state index contributed by atoms with van der Waals surface area (Å²) in [6, 6.07) is 5.98. The quantitative estimate of drug-likeness (QED) is 0.940. The molecule has 0 radical (unpaired) electrons. The summed E-state index contributed by atoms with van der Waals surface area (Å²) in [4.78, 5) is 21.0. The molecule has 0 unspecified atom stereocenters. The maximum absolute atomic E-state index is 12.0. The molecule has 126 valence electrons. The Bertz CT molecular complexity index is 759. The third-order valence-corrected chi connectivity index (χ3v) is 5.30. The lowest BCUT2D eigenvalue weighted by Gasteiger charge is -2.29. The Morgan fingerprint density at radius 1 is 1.54 bits per heavy atom. The summed E-state index contributed by atoms with van der Waals surface area (Å²) in [5.74, 6) is 1.36. The number of aromatic amines is 1. The summed E-state index contributed by atoms with van der Waals surface area (Å²) in [5.41, 5.74) is 3.30. The van der Waals surface area contributed by atoms with Gasteiger partial charge in [0.05, 0.1) is 20.0 Å². The van der Waals surface area contributed by atoms with Crippen molar-refractivity contribution in [3.8, 4) is 5.75 Å². The van der Waals surface area contributed by atoms with Gasteiger partial charge in [-0.25, -0.2) is 9.78 Å². The fourth-order valence-electron chi connectivity index (χ4n) is 3.95. The van der Waals surface area contributed by atoms with Crippen molar-refractivity contribution >= 4 is 11.8 Å². The van der Waals surface area contributed by atoms with Crippen molar-refractivity contribution in [1.82, 2.24) is 9.97 Å². The Morgan fingerprint density at radius 2 is 2.42 bits per heavy atom. The number of amides is 1. The molecule has 4 rings (SSSR count). The number of aromatic nitrogens is 2. The van der Waals surface area contributed by atoms with E-state index in [-0.39, 0.29) is 11.5 Å². The highest BCUT2D eigenvalue weighted by Gasteiger charge is 2.58. The zero-order valence-electron chi connectivity index (χ0n) is 13.9. The Labute approximate surface area is 140 Å². The number of hydrogen-bond donors (Lipinski definition) is 1. The molecule has 1 aliphatic heterocycles. The number of nitrogens with zero attached hydrogens (tertiary/aromatic N) is 2. The van der Waals surface area contributed by atoms with Crippen LogP contribution in [0.4, 0.5) is 10.5 Å². The normalized spacial score (nSPS) is 24.2. The highest BCUT2D eigenvalue weighted by atomic mass is 16.5. The van der Waals surface area contributed by atoms with Gasteiger partial charge < -0.3 is 14.5 Å². The Balaban J connectivity index is 1.72. The number of anilines is 1. The van der Waals surface area contributed by atoms with Gasteiger partial charge in [-0.3, -0.25) is 4.90 Å². The third-order valence-electron chi connectivity index (χ3n) is 5.30. The average Bonchev–Trinajstić information content (AvgIpc) is 3.07. The molecule has 1 saturated carbocycles. The molecule has 1 spiro atoms. The summed E-state index contributed by atoms with van der Waals surface area (Å²) < 4.78 is 10.8. The molecule has 1 aromatic heterocycles. The van der Waals surface area contributed by atoms with E-state index in [4.69, 9.17) is 9.47 Å². The number of benzene rings is 1. The van der Waals surface area contributed by atoms with Crippen molar-refractivity contribution in [2.24, 2.45) is 0 Å². The molecule has 1 N–H and O–H groups in total. The molecule has 1 fully saturated rings. The molecule has 2 aromatic rings. The van der Waals surface area contributed by atoms with Gasteiger partial charge in [0.25, 0.3) is 0 Å². The number of fused-ring (bicyclic) bond motifs is 2. The molecule has 6 nitrogen and oxygen atoms in total. The van der Waals surface area contributed by atoms with Crippen molar-refractivity contribution in [2.75, 3.05) is 25.2 Å². The van der Waals surface area contributed by atoms with Crippen molar-refractivity contribution in [3.63, 3.8) is 0 Å². The minimum Gasteiger partial charge on any atom is -0.493 e. The van der Waals surface area contributed by atoms with E-state index in [2.05, 4.69) is 16.0 Å². The van der Waals surface area contributed by atoms with Gasteiger partial charge in [-0.05, 0) is 38.0 Å². The van der Waals surface area contributed by atoms with E-state index in [1.54, 1.807) is 11.2 Å². The maximum Gasteiger partial charge on any atom is 0.413 e. The van der Waals surface area contributed by atoms with Crippen molar-refractivity contribution < 1.29 is 14.3 Å². The third kappa shape index (κ3) is 2.17. The molecule has 1 aromatic carbocycles. The lowest BCUT2D eigenvalue weighted by atomic mass is 9.86. The lowest BCUT2D eigenvalue weighted by Crippen LogP contribution is -2.31. The van der Waals surface area contributed by atoms with Crippen LogP contribution in [0.1, 0.15) is 36.9 Å². The smallest absolute Gasteiger partial charge is 0.413 e. The minimum atomic E-state index is -0.343. The Kier molecular flexibility index (Phi) is 3.48. The van der Waals surface area contributed by atoms with Crippen LogP contribution in [0.2, 0.25) is 0 Å². The van der Waals surface area contributed by atoms with Crippen LogP contribution in [-0.4, -0.2) is 36.3 Å². The standard InChI is InChI=1S/C18H21N3O3/c1-3-21(17(22)23-2)12-4-5-16-13(8-12)18(6-7-24-16)9-14(18)15-10-19-11-20-15/h4-5,8,10-11,14H,3,6-7,9H2,1-2H3,(H,19,20)/t14-,18-/m0/s1. The number of carbonyl (C=O) groups is 1. The highest BCUT2D eigenvalue weighted by molar-refractivity contribution is 5.88. The van der Waals surface area contributed by atoms with Crippen LogP contribution >= 0.6 is 0 Å². The van der Waals surface area contributed by atoms with Crippen LogP contribution in [0.5, 0.6) is 5.75 Å². The predicted molar refractivity (Wildman–Crippen MR) is 89.6 cm³/mol. The molecule has 2 aliphatic rings. The first-order valence-corrected chi connectivity index (χ1v) is 8.30. The number of rotatable bonds is 3. The van der Waals surface area contributed by atoms with Gasteiger partial charge in [-0.2, -0.15) is 0 Å². The fourth-order valence-corrected chi connectivity index (χ4v) is 3.95. The zero-order valence-corrected chi connectivity index (χ0v) is 13.9. The predicted octanol–water partition coefficient (Wildman–Crippen LogP) is 3.21. The first-order chi connectivity index (χ1) is 11.7. The summed E-state index contributed by atoms with van der Waals surface area (Å²) >= 11 is 0. The van der Waals surface area contributed by atoms with E-state index in [9.17, 15) is 4.79 Å². The number of ether oxygens (including phenoxy) is 2. The van der Waals surface area contributed by atoms with Crippen LogP contribution < -0.4 is 9.64 Å². The highest BCUT2D eigenvalue weighted by Crippen LogP contribution is 2.65. The first-order valence-electron chi connectivity index (χ1n) is 8.30. The van der Waals surface area contributed by atoms with Crippen LogP contribution in [0.15, 0.2) is 30.7 Å². The number of hydrogen-bond acceptors (Lipinski definition) is 4. The van der Waals surface area contributed by atoms with Crippen LogP contribution in [-0.2, 0) is 10.2 Å². The fraction of sp³-hybridized carbons (Fsp3) is 0.444. The number of carbonyl (C=O) groups excluding carboxylic acids is 1. The molecule has 1 amide bonds. The first kappa shape index (κ1) is 15.1. The molecule has 0 saturated heterocycles. The molecule has 1 aliphatic carbocycles. The molecule has 6 heteroatoms. The topological polar surface area (TPSA) is 67.5 Å². The second kappa shape index (κ2) is 5.54. The SMILES string of the molecule is CCN(C(=O)OC)c1ccc2c(c1)[C@]1(CCO2)C[C@H]1c1cnc[nH]1. The van der Waals surface area contributed by atoms with Gasteiger partial charge in [-0.1, -0.05) is 0 Å². The number of nitrogens with one attached hydrogen (secondary N) is 1. The molecule has 2 heterocycles. The number of imidazole rings is 1. The van der Waals surface area contributed by atoms with Gasteiger partial charge in [-0.15, -0.1) is 0 Å². The zero-order chi connectivity index (χ0) is 16.7. The van der Waals surface area contributed by atoms with Gasteiger partial charge in [0, 0.05) is 41.0 Å². The number of H-pyrrole nitrogens is 1. The van der Waals surface area contributed by atoms with E-state index in [1.165, 1.54) is 18.4 Å². The average molecular weight is 327 g/mol. The van der Waals surface area contributed by atoms with Gasteiger partial charge >= 0.3 is 6.09 Å². The van der Waals surface area contributed by atoms with Crippen LogP contribution in [0, 0.1) is 0 Å². The second-order valence-electron chi connectivity index (χ2n) is 6.41. The van der Waals surface area contributed by atoms with Gasteiger partial charge in [0.1, 0.15) is 5.75 Å². The minimum absolute atomic E-state index is 0.0889. The van der Waals surface area contributed by atoms with Crippen LogP contribution in [0.3, 0.4) is 0 Å². The molecule has 2 atom stereocenters. The Hall–Kier alpha value is -2.50. The van der Waals surface area contributed by atoms with E-state index >= 15 is 0 Å². The van der Waals surface area contributed by atoms with Gasteiger partial charge in [0.15, 0.2) is 0 Å². The maximum atomic E-state index is 12.0. The summed E-state index contributed by atoms with van der Waals surface area (Å²) in [7, 11) is 1.41. The van der Waals surface area contributed by atoms with Crippen molar-refractivity contribution in [2.45, 2.75) is 31.1 Å². The molecule has 24 heavy (non-hydrogen) atoms. The summed E-state index contributed by atoms with van der Waals surface area (Å²) in [6.07, 6.45) is 5.36. The van der Waals surface area contributed by atoms with E-state index < -0.39 is 0 Å². The molecular formula is C18H21N3O3. The van der Waals surface area contributed by atoms with E-state index in [1.807, 2.05) is 25.3 Å². The van der Waals surface area contributed by atoms with E-state index in [0.717, 1.165) is 30.9 Å². The largest absolute Gasteiger partial charge is 0.493 e. The lowest BCUT2D eigenvalue weighted by molar-refractivity contribution is 0.179. The summed E-state index contributed by atoms with van der Waals surface area (Å²) in [6.45, 7) is 3.22. The van der Waals surface area contributed by atoms with Crippen molar-refractivity contribution in [1.29, 1.82) is 0 Å². The molecule has 0 bridgehead atoms.